The number of anilines is 8. The lowest BCUT2D eigenvalue weighted by Crippen LogP contribution is -2.26. The zero-order valence-corrected chi connectivity index (χ0v) is 70.7. The van der Waals surface area contributed by atoms with Crippen molar-refractivity contribution in [2.45, 2.75) is 76.7 Å². The van der Waals surface area contributed by atoms with E-state index in [0.29, 0.717) is 138 Å². The molecule has 26 nitrogen and oxygen atoms in total. The third-order valence-corrected chi connectivity index (χ3v) is 23.2. The molecular weight excluding hydrogens is 1680 g/mol. The van der Waals surface area contributed by atoms with Crippen LogP contribution in [0.4, 0.5) is 68.1 Å². The van der Waals surface area contributed by atoms with Gasteiger partial charge in [-0.15, -0.1) is 0 Å². The van der Waals surface area contributed by atoms with Crippen molar-refractivity contribution >= 4 is 106 Å². The maximum atomic E-state index is 13.5. The molecular formula is C100H81F5N16O10. The highest BCUT2D eigenvalue weighted by molar-refractivity contribution is 5.99. The Bertz CT molecular complexity index is 6540. The number of aryl methyl sites for hydroxylation is 1. The van der Waals surface area contributed by atoms with E-state index < -0.39 is 29.8 Å². The molecule has 0 atom stereocenters. The molecule has 0 unspecified atom stereocenters. The first-order valence-electron chi connectivity index (χ1n) is 42.1. The maximum absolute atomic E-state index is 13.5. The molecule has 0 spiro atoms. The van der Waals surface area contributed by atoms with Crippen LogP contribution in [0, 0.1) is 29.1 Å². The van der Waals surface area contributed by atoms with Gasteiger partial charge >= 0.3 is 29.8 Å². The summed E-state index contributed by atoms with van der Waals surface area (Å²) < 4.78 is 66.7. The number of carboxylic acid groups (broad SMARTS) is 5. The van der Waals surface area contributed by atoms with Gasteiger partial charge in [0.1, 0.15) is 57.6 Å². The summed E-state index contributed by atoms with van der Waals surface area (Å²) in [5.74, 6) is -3.11. The highest BCUT2D eigenvalue weighted by atomic mass is 19.1. The maximum Gasteiger partial charge on any atom is 0.332 e. The standard InChI is InChI=1S/C23H18FN3O2.C21H16FN3O2.C20H15FN4O2.2C18H16FN3O2/c24-17-9-7-15(8-10-17)21-22(26-19-13-16(23(28)29)12-18(19)25-21)27-11-3-5-14-4-1-2-6-20(14)27;1-25(16-5-3-2-4-6-16)20-19(13-7-9-15(22)10-8-13)23-17-11-14(21(26)27)12-18(17)24-20;1-25(15-3-2-8-22-11-15)19-18(12-4-6-14(21)7-5-12)23-16-9-13(20(26)27)10-17(16)24-19;1-22(13-6-7-13)17-16(10-2-4-12(19)5-3-10)20-14-8-11(18(23)24)9-15(14)21-17;19-13-5-3-11(4-6-13)16-17(22-7-1-2-8-22)21-15-10-12(18(23)24)9-14(15)20-16/h1-2,4,6-10,12H,3,5,11,13H2,(H,28,29);2-11H,12H2,1H3,(H,26,27);2-9,11H,10H2,1H3,(H,26,27);2-5,8,13H,6-7,9H2,1H3,(H,23,24);3-6,9H,1-2,7-8,10H2,(H,23,24). The molecule has 131 heavy (non-hydrogen) atoms. The number of para-hydroxylation sites is 2. The number of halogens is 5. The van der Waals surface area contributed by atoms with Crippen molar-refractivity contribution < 1.29 is 71.5 Å². The van der Waals surface area contributed by atoms with Crippen LogP contribution in [-0.2, 0) is 62.5 Å². The van der Waals surface area contributed by atoms with Gasteiger partial charge in [0.2, 0.25) is 0 Å². The summed E-state index contributed by atoms with van der Waals surface area (Å²) in [6.45, 7) is 2.60. The van der Waals surface area contributed by atoms with Crippen LogP contribution in [-0.4, -0.2) is 157 Å². The first kappa shape index (κ1) is 86.9. The minimum atomic E-state index is -0.986. The number of carboxylic acids is 5. The molecule has 0 bridgehead atoms. The summed E-state index contributed by atoms with van der Waals surface area (Å²) in [7, 11) is 5.68. The Hall–Kier alpha value is -16.2. The quantitative estimate of drug-likeness (QED) is 0.0498. The second kappa shape index (κ2) is 37.4. The normalized spacial score (nSPS) is 14.3. The fourth-order valence-corrected chi connectivity index (χ4v) is 16.2. The van der Waals surface area contributed by atoms with Gasteiger partial charge in [0.05, 0.1) is 68.8 Å². The van der Waals surface area contributed by atoms with Crippen molar-refractivity contribution in [3.8, 4) is 56.3 Å². The average Bonchev–Trinajstić information content (AvgIpc) is 1.78. The Morgan fingerprint density at radius 3 is 1.05 bits per heavy atom. The third kappa shape index (κ3) is 19.1. The molecule has 8 aliphatic rings. The first-order valence-corrected chi connectivity index (χ1v) is 42.1. The van der Waals surface area contributed by atoms with Crippen LogP contribution >= 0.6 is 0 Å². The highest BCUT2D eigenvalue weighted by Gasteiger charge is 2.35. The molecule has 8 heterocycles. The van der Waals surface area contributed by atoms with Crippen molar-refractivity contribution in [2.24, 2.45) is 0 Å². The predicted molar refractivity (Wildman–Crippen MR) is 485 cm³/mol. The number of carbonyl (C=O) groups is 5. The number of aliphatic carboxylic acids is 5. The minimum absolute atomic E-state index is 0.218. The molecule has 6 aliphatic carbocycles. The molecule has 0 radical (unpaired) electrons. The van der Waals surface area contributed by atoms with E-state index in [1.54, 1.807) is 97.4 Å². The average molecular weight is 1760 g/mol. The zero-order chi connectivity index (χ0) is 91.4. The van der Waals surface area contributed by atoms with Crippen LogP contribution in [0.3, 0.4) is 0 Å². The van der Waals surface area contributed by atoms with Gasteiger partial charge in [-0.1, -0.05) is 36.4 Å². The largest absolute Gasteiger partial charge is 0.478 e. The second-order valence-corrected chi connectivity index (χ2v) is 32.0. The molecule has 1 saturated heterocycles. The fourth-order valence-electron chi connectivity index (χ4n) is 16.2. The second-order valence-electron chi connectivity index (χ2n) is 32.0. The van der Waals surface area contributed by atoms with Crippen molar-refractivity contribution in [1.29, 1.82) is 0 Å². The number of rotatable bonds is 18. The Morgan fingerprint density at radius 1 is 0.344 bits per heavy atom. The van der Waals surface area contributed by atoms with Crippen molar-refractivity contribution in [1.82, 2.24) is 54.8 Å². The first-order chi connectivity index (χ1) is 63.3. The van der Waals surface area contributed by atoms with E-state index >= 15 is 0 Å². The monoisotopic (exact) mass is 1760 g/mol. The van der Waals surface area contributed by atoms with E-state index in [9.17, 15) is 71.5 Å². The number of nitrogens with zero attached hydrogens (tertiary/aromatic N) is 16. The van der Waals surface area contributed by atoms with Crippen LogP contribution in [0.1, 0.15) is 94.6 Å². The Balaban J connectivity index is 0.000000115. The van der Waals surface area contributed by atoms with Gasteiger partial charge in [0.15, 0.2) is 29.1 Å². The third-order valence-electron chi connectivity index (χ3n) is 23.2. The van der Waals surface area contributed by atoms with Gasteiger partial charge in [-0.25, -0.2) is 95.8 Å². The lowest BCUT2D eigenvalue weighted by molar-refractivity contribution is -0.133. The van der Waals surface area contributed by atoms with E-state index in [1.807, 2.05) is 85.5 Å². The van der Waals surface area contributed by atoms with E-state index in [4.69, 9.17) is 24.9 Å². The Kier molecular flexibility index (Phi) is 24.8. The molecule has 5 N–H and O–H groups in total. The van der Waals surface area contributed by atoms with E-state index in [2.05, 4.69) is 56.7 Å². The van der Waals surface area contributed by atoms with Crippen molar-refractivity contribution in [3.05, 3.63) is 320 Å². The highest BCUT2D eigenvalue weighted by Crippen LogP contribution is 2.44. The van der Waals surface area contributed by atoms with E-state index in [1.165, 1.54) is 72.3 Å². The van der Waals surface area contributed by atoms with E-state index in [-0.39, 0.29) is 71.5 Å². The Morgan fingerprint density at radius 2 is 0.672 bits per heavy atom. The zero-order valence-electron chi connectivity index (χ0n) is 70.7. The molecule has 1 saturated carbocycles. The molecule has 2 aliphatic heterocycles. The van der Waals surface area contributed by atoms with Gasteiger partial charge < -0.3 is 50.0 Å². The van der Waals surface area contributed by atoms with Crippen LogP contribution in [0.2, 0.25) is 0 Å². The lowest BCUT2D eigenvalue weighted by Gasteiger charge is -2.31. The van der Waals surface area contributed by atoms with Crippen molar-refractivity contribution in [3.63, 3.8) is 0 Å². The minimum Gasteiger partial charge on any atom is -0.478 e. The molecule has 0 amide bonds. The number of fused-ring (bicyclic) bond motifs is 6. The molecule has 13 aromatic rings. The lowest BCUT2D eigenvalue weighted by atomic mass is 10.0. The van der Waals surface area contributed by atoms with Crippen LogP contribution in [0.15, 0.2) is 228 Å². The van der Waals surface area contributed by atoms with Crippen LogP contribution < -0.4 is 24.5 Å². The SMILES string of the molecule is CN(c1ccccc1)c1nc2c(nc1-c1ccc(F)cc1)C=C(C(=O)O)C2.CN(c1cccnc1)c1nc2c(nc1-c1ccc(F)cc1)C=C(C(=O)O)C2.CN(c1nc2c(nc1-c1ccc(F)cc1)C=C(C(=O)O)C2)C1CC1.O=C(O)C1=Cc2nc(-c3ccc(F)cc3)c(N3CCCC3)nc2C1.O=C(O)C1=Cc2nc(-c3ccc(F)cc3)c(N3CCCc4ccccc43)nc2C1. The van der Waals surface area contributed by atoms with Gasteiger partial charge in [0, 0.05) is 152 Å². The molecule has 31 heteroatoms. The fraction of sp³-hybridized carbons (Fsp3) is 0.180. The summed E-state index contributed by atoms with van der Waals surface area (Å²) in [5.41, 5.74) is 18.3. The number of hydrogen-bond donors (Lipinski definition) is 5. The summed E-state index contributed by atoms with van der Waals surface area (Å²) in [4.78, 5) is 118. The molecule has 6 aromatic heterocycles. The number of pyridine rings is 1. The van der Waals surface area contributed by atoms with Crippen LogP contribution in [0.25, 0.3) is 86.7 Å². The molecule has 7 aromatic carbocycles. The van der Waals surface area contributed by atoms with E-state index in [0.717, 1.165) is 104 Å². The topological polar surface area (TPSA) is 344 Å². The van der Waals surface area contributed by atoms with Gasteiger partial charge in [0.25, 0.3) is 0 Å². The molecule has 21 rings (SSSR count). The number of benzene rings is 7. The van der Waals surface area contributed by atoms with Gasteiger partial charge in [-0.2, -0.15) is 0 Å². The predicted octanol–water partition coefficient (Wildman–Crippen LogP) is 17.7. The Labute approximate surface area is 747 Å². The summed E-state index contributed by atoms with van der Waals surface area (Å²) in [6, 6.07) is 52.5. The number of aromatic nitrogens is 11. The summed E-state index contributed by atoms with van der Waals surface area (Å²) in [5, 5.41) is 46.3. The number of hydrogen-bond acceptors (Lipinski definition) is 21. The summed E-state index contributed by atoms with van der Waals surface area (Å²) >= 11 is 0. The molecule has 2 fully saturated rings. The van der Waals surface area contributed by atoms with Gasteiger partial charge in [-0.05, 0) is 226 Å². The smallest absolute Gasteiger partial charge is 0.332 e. The van der Waals surface area contributed by atoms with Gasteiger partial charge in [-0.3, -0.25) is 4.98 Å². The van der Waals surface area contributed by atoms with Crippen molar-refractivity contribution in [2.75, 3.05) is 65.3 Å². The summed E-state index contributed by atoms with van der Waals surface area (Å²) in [6.07, 6.45) is 18.9. The molecule has 656 valence electrons. The van der Waals surface area contributed by atoms with Crippen LogP contribution in [0.5, 0.6) is 0 Å².